The van der Waals surface area contributed by atoms with Gasteiger partial charge in [-0.1, -0.05) is 6.42 Å². The maximum Gasteiger partial charge on any atom is 0.227 e. The second kappa shape index (κ2) is 4.80. The minimum Gasteiger partial charge on any atom is -0.326 e. The predicted octanol–water partition coefficient (Wildman–Crippen LogP) is 3.26. The van der Waals surface area contributed by atoms with E-state index in [0.29, 0.717) is 11.5 Å². The smallest absolute Gasteiger partial charge is 0.227 e. The van der Waals surface area contributed by atoms with E-state index in [0.717, 1.165) is 18.0 Å². The molecule has 2 aliphatic rings. The summed E-state index contributed by atoms with van der Waals surface area (Å²) < 4.78 is 0. The number of benzene rings is 1. The Morgan fingerprint density at radius 2 is 1.84 bits per heavy atom. The van der Waals surface area contributed by atoms with E-state index in [9.17, 15) is 9.59 Å². The minimum atomic E-state index is 0.0472. The van der Waals surface area contributed by atoms with Crippen molar-refractivity contribution in [3.63, 3.8) is 0 Å². The molecule has 0 saturated heterocycles. The van der Waals surface area contributed by atoms with E-state index in [1.54, 1.807) is 19.1 Å². The first-order valence-electron chi connectivity index (χ1n) is 7.05. The lowest BCUT2D eigenvalue weighted by Crippen LogP contribution is -2.27. The molecule has 2 fully saturated rings. The van der Waals surface area contributed by atoms with Gasteiger partial charge in [-0.25, -0.2) is 0 Å². The standard InChI is InChI=1S/C16H19NO2/c1-10(18)12-4-6-14(7-5-12)17-16(19)15-9-11-2-3-13(15)8-11/h4-7,11,13,15H,2-3,8-9H2,1H3,(H,17,19)/t11-,13-,15+/m0/s1. The Morgan fingerprint density at radius 1 is 1.11 bits per heavy atom. The third-order valence-electron chi connectivity index (χ3n) is 4.63. The summed E-state index contributed by atoms with van der Waals surface area (Å²) in [6.45, 7) is 1.54. The Balaban J connectivity index is 1.64. The van der Waals surface area contributed by atoms with Crippen LogP contribution < -0.4 is 5.32 Å². The molecule has 3 rings (SSSR count). The van der Waals surface area contributed by atoms with Gasteiger partial charge in [-0.05, 0) is 62.3 Å². The molecule has 3 nitrogen and oxygen atoms in total. The molecule has 2 saturated carbocycles. The highest BCUT2D eigenvalue weighted by Gasteiger charge is 2.42. The maximum atomic E-state index is 12.2. The van der Waals surface area contributed by atoms with Crippen molar-refractivity contribution in [2.75, 3.05) is 5.32 Å². The van der Waals surface area contributed by atoms with Gasteiger partial charge < -0.3 is 5.32 Å². The molecule has 1 amide bonds. The highest BCUT2D eigenvalue weighted by Crippen LogP contribution is 2.48. The highest BCUT2D eigenvalue weighted by molar-refractivity contribution is 5.96. The zero-order valence-electron chi connectivity index (χ0n) is 11.2. The molecule has 0 unspecified atom stereocenters. The van der Waals surface area contributed by atoms with E-state index < -0.39 is 0 Å². The summed E-state index contributed by atoms with van der Waals surface area (Å²) in [6, 6.07) is 7.14. The fraction of sp³-hybridized carbons (Fsp3) is 0.500. The van der Waals surface area contributed by atoms with Crippen LogP contribution in [0.3, 0.4) is 0 Å². The van der Waals surface area contributed by atoms with Crippen molar-refractivity contribution < 1.29 is 9.59 Å². The SMILES string of the molecule is CC(=O)c1ccc(NC(=O)[C@@H]2C[C@H]3CC[C@H]2C3)cc1. The number of anilines is 1. The van der Waals surface area contributed by atoms with Crippen molar-refractivity contribution in [2.45, 2.75) is 32.6 Å². The molecule has 0 radical (unpaired) electrons. The van der Waals surface area contributed by atoms with Crippen molar-refractivity contribution in [2.24, 2.45) is 17.8 Å². The van der Waals surface area contributed by atoms with Gasteiger partial charge in [0.15, 0.2) is 5.78 Å². The predicted molar refractivity (Wildman–Crippen MR) is 74.0 cm³/mol. The van der Waals surface area contributed by atoms with Crippen LogP contribution in [0.15, 0.2) is 24.3 Å². The molecule has 1 aromatic carbocycles. The topological polar surface area (TPSA) is 46.2 Å². The number of nitrogens with one attached hydrogen (secondary N) is 1. The molecule has 0 spiro atoms. The lowest BCUT2D eigenvalue weighted by Gasteiger charge is -2.20. The summed E-state index contributed by atoms with van der Waals surface area (Å²) >= 11 is 0. The fourth-order valence-electron chi connectivity index (χ4n) is 3.59. The largest absolute Gasteiger partial charge is 0.326 e. The number of rotatable bonds is 3. The van der Waals surface area contributed by atoms with Crippen LogP contribution >= 0.6 is 0 Å². The zero-order chi connectivity index (χ0) is 13.4. The highest BCUT2D eigenvalue weighted by atomic mass is 16.2. The first kappa shape index (κ1) is 12.4. The third kappa shape index (κ3) is 2.42. The minimum absolute atomic E-state index is 0.0472. The summed E-state index contributed by atoms with van der Waals surface area (Å²) in [5.74, 6) is 1.78. The molecule has 1 aromatic rings. The molecule has 0 aromatic heterocycles. The summed E-state index contributed by atoms with van der Waals surface area (Å²) in [5, 5.41) is 2.98. The normalized spacial score (nSPS) is 28.4. The molecule has 1 N–H and O–H groups in total. The number of Topliss-reactive ketones (excluding diaryl/α,β-unsaturated/α-hetero) is 1. The van der Waals surface area contributed by atoms with Crippen molar-refractivity contribution in [1.29, 1.82) is 0 Å². The molecule has 0 aliphatic heterocycles. The number of hydrogen-bond donors (Lipinski definition) is 1. The number of carbonyl (C=O) groups excluding carboxylic acids is 2. The number of amides is 1. The number of hydrogen-bond acceptors (Lipinski definition) is 2. The Morgan fingerprint density at radius 3 is 2.37 bits per heavy atom. The average molecular weight is 257 g/mol. The van der Waals surface area contributed by atoms with Crippen LogP contribution in [0.2, 0.25) is 0 Å². The van der Waals surface area contributed by atoms with Crippen LogP contribution in [0.5, 0.6) is 0 Å². The summed E-state index contributed by atoms with van der Waals surface area (Å²) in [7, 11) is 0. The second-order valence-electron chi connectivity index (χ2n) is 5.90. The zero-order valence-corrected chi connectivity index (χ0v) is 11.2. The van der Waals surface area contributed by atoms with Gasteiger partial charge in [0, 0.05) is 17.2 Å². The van der Waals surface area contributed by atoms with Crippen LogP contribution in [0.4, 0.5) is 5.69 Å². The molecule has 100 valence electrons. The van der Waals surface area contributed by atoms with E-state index in [4.69, 9.17) is 0 Å². The van der Waals surface area contributed by atoms with Gasteiger partial charge in [0.2, 0.25) is 5.91 Å². The Hall–Kier alpha value is -1.64. The van der Waals surface area contributed by atoms with Gasteiger partial charge in [-0.3, -0.25) is 9.59 Å². The number of carbonyl (C=O) groups is 2. The molecular weight excluding hydrogens is 238 g/mol. The lowest BCUT2D eigenvalue weighted by atomic mass is 9.88. The van der Waals surface area contributed by atoms with Gasteiger partial charge in [0.1, 0.15) is 0 Å². The van der Waals surface area contributed by atoms with E-state index >= 15 is 0 Å². The van der Waals surface area contributed by atoms with Crippen molar-refractivity contribution in [3.8, 4) is 0 Å². The van der Waals surface area contributed by atoms with Gasteiger partial charge in [0.05, 0.1) is 0 Å². The van der Waals surface area contributed by atoms with Crippen LogP contribution in [-0.4, -0.2) is 11.7 Å². The number of ketones is 1. The van der Waals surface area contributed by atoms with Gasteiger partial charge in [-0.2, -0.15) is 0 Å². The molecule has 2 bridgehead atoms. The summed E-state index contributed by atoms with van der Waals surface area (Å²) in [4.78, 5) is 23.4. The van der Waals surface area contributed by atoms with Crippen LogP contribution in [0, 0.1) is 17.8 Å². The molecule has 2 aliphatic carbocycles. The average Bonchev–Trinajstić information content (AvgIpc) is 3.01. The first-order chi connectivity index (χ1) is 9.13. The fourth-order valence-corrected chi connectivity index (χ4v) is 3.59. The molecule has 0 heterocycles. The van der Waals surface area contributed by atoms with Crippen molar-refractivity contribution in [1.82, 2.24) is 0 Å². The summed E-state index contributed by atoms with van der Waals surface area (Å²) in [6.07, 6.45) is 4.82. The van der Waals surface area contributed by atoms with Gasteiger partial charge in [0.25, 0.3) is 0 Å². The Bertz CT molecular complexity index is 506. The molecule has 19 heavy (non-hydrogen) atoms. The molecular formula is C16H19NO2. The molecule has 3 atom stereocenters. The first-order valence-corrected chi connectivity index (χ1v) is 7.05. The van der Waals surface area contributed by atoms with Gasteiger partial charge >= 0.3 is 0 Å². The maximum absolute atomic E-state index is 12.2. The van der Waals surface area contributed by atoms with Crippen molar-refractivity contribution >= 4 is 17.4 Å². The van der Waals surface area contributed by atoms with Crippen LogP contribution in [0.25, 0.3) is 0 Å². The second-order valence-corrected chi connectivity index (χ2v) is 5.90. The van der Waals surface area contributed by atoms with E-state index in [2.05, 4.69) is 5.32 Å². The Labute approximate surface area is 113 Å². The third-order valence-corrected chi connectivity index (χ3v) is 4.63. The van der Waals surface area contributed by atoms with E-state index in [1.807, 2.05) is 12.1 Å². The Kier molecular flexibility index (Phi) is 3.13. The van der Waals surface area contributed by atoms with Crippen LogP contribution in [-0.2, 0) is 4.79 Å². The molecule has 3 heteroatoms. The van der Waals surface area contributed by atoms with E-state index in [-0.39, 0.29) is 17.6 Å². The monoisotopic (exact) mass is 257 g/mol. The summed E-state index contributed by atoms with van der Waals surface area (Å²) in [5.41, 5.74) is 1.47. The van der Waals surface area contributed by atoms with Gasteiger partial charge in [-0.15, -0.1) is 0 Å². The quantitative estimate of drug-likeness (QED) is 0.845. The van der Waals surface area contributed by atoms with Crippen molar-refractivity contribution in [3.05, 3.63) is 29.8 Å². The van der Waals surface area contributed by atoms with E-state index in [1.165, 1.54) is 19.3 Å². The lowest BCUT2D eigenvalue weighted by molar-refractivity contribution is -0.121. The number of fused-ring (bicyclic) bond motifs is 2. The van der Waals surface area contributed by atoms with Crippen LogP contribution in [0.1, 0.15) is 43.0 Å².